The molecule has 0 atom stereocenters. The third-order valence-electron chi connectivity index (χ3n) is 3.27. The van der Waals surface area contributed by atoms with Crippen molar-refractivity contribution in [2.24, 2.45) is 5.92 Å². The standard InChI is InChI=1S/C13H27NO2/c1-3-15-10-11-16-9-8-14-13-6-4-12(2)5-7-13/h12-14H,3-11H2,1-2H3. The van der Waals surface area contributed by atoms with Crippen molar-refractivity contribution in [1.82, 2.24) is 5.32 Å². The molecule has 1 saturated carbocycles. The fourth-order valence-corrected chi connectivity index (χ4v) is 2.16. The molecule has 3 nitrogen and oxygen atoms in total. The minimum atomic E-state index is 0.719. The van der Waals surface area contributed by atoms with Gasteiger partial charge < -0.3 is 14.8 Å². The molecule has 3 heteroatoms. The van der Waals surface area contributed by atoms with Gasteiger partial charge in [0.2, 0.25) is 0 Å². The van der Waals surface area contributed by atoms with E-state index in [0.29, 0.717) is 0 Å². The normalized spacial score (nSPS) is 25.9. The third-order valence-corrected chi connectivity index (χ3v) is 3.27. The van der Waals surface area contributed by atoms with Crippen LogP contribution < -0.4 is 5.32 Å². The van der Waals surface area contributed by atoms with Crippen LogP contribution in [0.3, 0.4) is 0 Å². The Morgan fingerprint density at radius 3 is 2.38 bits per heavy atom. The highest BCUT2D eigenvalue weighted by Crippen LogP contribution is 2.23. The first-order chi connectivity index (χ1) is 7.83. The average molecular weight is 229 g/mol. The Labute approximate surface area is 99.9 Å². The molecule has 0 amide bonds. The van der Waals surface area contributed by atoms with Crippen molar-refractivity contribution in [2.45, 2.75) is 45.6 Å². The van der Waals surface area contributed by atoms with Crippen LogP contribution in [-0.4, -0.2) is 39.0 Å². The molecule has 0 aromatic heterocycles. The highest BCUT2D eigenvalue weighted by molar-refractivity contribution is 4.74. The summed E-state index contributed by atoms with van der Waals surface area (Å²) in [5.74, 6) is 0.931. The predicted octanol–water partition coefficient (Wildman–Crippen LogP) is 2.21. The lowest BCUT2D eigenvalue weighted by molar-refractivity contribution is 0.0528. The highest BCUT2D eigenvalue weighted by atomic mass is 16.5. The Morgan fingerprint density at radius 2 is 1.69 bits per heavy atom. The lowest BCUT2D eigenvalue weighted by Crippen LogP contribution is -2.35. The van der Waals surface area contributed by atoms with Crippen LogP contribution in [0, 0.1) is 5.92 Å². The van der Waals surface area contributed by atoms with Gasteiger partial charge in [-0.25, -0.2) is 0 Å². The molecule has 0 saturated heterocycles. The molecule has 1 rings (SSSR count). The van der Waals surface area contributed by atoms with E-state index < -0.39 is 0 Å². The van der Waals surface area contributed by atoms with Crippen LogP contribution in [0.25, 0.3) is 0 Å². The molecule has 0 aromatic rings. The first-order valence-corrected chi connectivity index (χ1v) is 6.71. The second-order valence-corrected chi connectivity index (χ2v) is 4.72. The zero-order chi connectivity index (χ0) is 11.6. The van der Waals surface area contributed by atoms with E-state index in [1.807, 2.05) is 6.92 Å². The Balaban J connectivity index is 1.84. The monoisotopic (exact) mass is 229 g/mol. The summed E-state index contributed by atoms with van der Waals surface area (Å²) >= 11 is 0. The zero-order valence-electron chi connectivity index (χ0n) is 10.8. The van der Waals surface area contributed by atoms with Crippen molar-refractivity contribution in [3.8, 4) is 0 Å². The Kier molecular flexibility index (Phi) is 7.81. The van der Waals surface area contributed by atoms with Gasteiger partial charge in [0.25, 0.3) is 0 Å². The molecule has 0 radical (unpaired) electrons. The molecule has 1 fully saturated rings. The van der Waals surface area contributed by atoms with Gasteiger partial charge in [-0.05, 0) is 38.5 Å². The smallest absolute Gasteiger partial charge is 0.0701 e. The Bertz CT molecular complexity index is 156. The van der Waals surface area contributed by atoms with Crippen LogP contribution in [-0.2, 0) is 9.47 Å². The maximum Gasteiger partial charge on any atom is 0.0701 e. The summed E-state index contributed by atoms with van der Waals surface area (Å²) < 4.78 is 10.7. The maximum atomic E-state index is 5.46. The second-order valence-electron chi connectivity index (χ2n) is 4.72. The SMILES string of the molecule is CCOCCOCCNC1CCC(C)CC1. The van der Waals surface area contributed by atoms with Gasteiger partial charge in [-0.15, -0.1) is 0 Å². The van der Waals surface area contributed by atoms with Gasteiger partial charge in [0.05, 0.1) is 19.8 Å². The molecule has 0 unspecified atom stereocenters. The molecule has 1 aliphatic carbocycles. The molecule has 1 N–H and O–H groups in total. The van der Waals surface area contributed by atoms with Crippen LogP contribution >= 0.6 is 0 Å². The molecule has 0 aromatic carbocycles. The molecule has 0 bridgehead atoms. The minimum absolute atomic E-state index is 0.719. The molecule has 0 spiro atoms. The van der Waals surface area contributed by atoms with Gasteiger partial charge in [-0.1, -0.05) is 6.92 Å². The first-order valence-electron chi connectivity index (χ1n) is 6.71. The first kappa shape index (κ1) is 13.9. The summed E-state index contributed by atoms with van der Waals surface area (Å²) in [6.07, 6.45) is 5.42. The Morgan fingerprint density at radius 1 is 1.00 bits per heavy atom. The molecule has 96 valence electrons. The molecule has 0 aliphatic heterocycles. The van der Waals surface area contributed by atoms with Crippen LogP contribution in [0.2, 0.25) is 0 Å². The van der Waals surface area contributed by atoms with Crippen LogP contribution in [0.15, 0.2) is 0 Å². The van der Waals surface area contributed by atoms with E-state index in [9.17, 15) is 0 Å². The van der Waals surface area contributed by atoms with E-state index in [-0.39, 0.29) is 0 Å². The zero-order valence-corrected chi connectivity index (χ0v) is 10.8. The lowest BCUT2D eigenvalue weighted by atomic mass is 9.87. The topological polar surface area (TPSA) is 30.5 Å². The van der Waals surface area contributed by atoms with E-state index in [2.05, 4.69) is 12.2 Å². The number of nitrogens with one attached hydrogen (secondary N) is 1. The van der Waals surface area contributed by atoms with E-state index in [0.717, 1.165) is 44.9 Å². The van der Waals surface area contributed by atoms with E-state index in [1.165, 1.54) is 25.7 Å². The predicted molar refractivity (Wildman–Crippen MR) is 66.7 cm³/mol. The summed E-state index contributed by atoms with van der Waals surface area (Å²) in [6, 6.07) is 0.728. The number of ether oxygens (including phenoxy) is 2. The van der Waals surface area contributed by atoms with Gasteiger partial charge in [-0.2, -0.15) is 0 Å². The van der Waals surface area contributed by atoms with E-state index >= 15 is 0 Å². The summed E-state index contributed by atoms with van der Waals surface area (Å²) in [6.45, 7) is 8.36. The van der Waals surface area contributed by atoms with Crippen LogP contribution in [0.5, 0.6) is 0 Å². The van der Waals surface area contributed by atoms with Crippen molar-refractivity contribution in [3.63, 3.8) is 0 Å². The lowest BCUT2D eigenvalue weighted by Gasteiger charge is -2.26. The van der Waals surface area contributed by atoms with Crippen molar-refractivity contribution in [2.75, 3.05) is 33.0 Å². The minimum Gasteiger partial charge on any atom is -0.379 e. The number of hydrogen-bond acceptors (Lipinski definition) is 3. The van der Waals surface area contributed by atoms with E-state index in [4.69, 9.17) is 9.47 Å². The summed E-state index contributed by atoms with van der Waals surface area (Å²) in [5, 5.41) is 3.57. The third kappa shape index (κ3) is 6.46. The highest BCUT2D eigenvalue weighted by Gasteiger charge is 2.16. The number of hydrogen-bond donors (Lipinski definition) is 1. The van der Waals surface area contributed by atoms with E-state index in [1.54, 1.807) is 0 Å². The molecule has 0 heterocycles. The summed E-state index contributed by atoms with van der Waals surface area (Å²) in [5.41, 5.74) is 0. The second kappa shape index (κ2) is 8.97. The average Bonchev–Trinajstić information content (AvgIpc) is 2.30. The van der Waals surface area contributed by atoms with Crippen molar-refractivity contribution >= 4 is 0 Å². The molecule has 1 aliphatic rings. The fourth-order valence-electron chi connectivity index (χ4n) is 2.16. The van der Waals surface area contributed by atoms with Crippen LogP contribution in [0.1, 0.15) is 39.5 Å². The van der Waals surface area contributed by atoms with Gasteiger partial charge in [-0.3, -0.25) is 0 Å². The van der Waals surface area contributed by atoms with Crippen molar-refractivity contribution < 1.29 is 9.47 Å². The summed E-state index contributed by atoms with van der Waals surface area (Å²) in [7, 11) is 0. The number of rotatable bonds is 8. The molecular weight excluding hydrogens is 202 g/mol. The van der Waals surface area contributed by atoms with Crippen LogP contribution in [0.4, 0.5) is 0 Å². The van der Waals surface area contributed by atoms with Gasteiger partial charge in [0.1, 0.15) is 0 Å². The molecule has 16 heavy (non-hydrogen) atoms. The Hall–Kier alpha value is -0.120. The largest absolute Gasteiger partial charge is 0.379 e. The fraction of sp³-hybridized carbons (Fsp3) is 1.00. The molecular formula is C13H27NO2. The van der Waals surface area contributed by atoms with Gasteiger partial charge in [0, 0.05) is 19.2 Å². The van der Waals surface area contributed by atoms with Gasteiger partial charge in [0.15, 0.2) is 0 Å². The van der Waals surface area contributed by atoms with Crippen molar-refractivity contribution in [1.29, 1.82) is 0 Å². The maximum absolute atomic E-state index is 5.46. The summed E-state index contributed by atoms with van der Waals surface area (Å²) in [4.78, 5) is 0. The van der Waals surface area contributed by atoms with Gasteiger partial charge >= 0.3 is 0 Å². The van der Waals surface area contributed by atoms with Crippen molar-refractivity contribution in [3.05, 3.63) is 0 Å². The quantitative estimate of drug-likeness (QED) is 0.647.